The Morgan fingerprint density at radius 3 is 2.16 bits per heavy atom. The molecule has 2 aromatic rings. The summed E-state index contributed by atoms with van der Waals surface area (Å²) in [5.74, 6) is 0. The molecule has 0 unspecified atom stereocenters. The average Bonchev–Trinajstić information content (AvgIpc) is 2.66. The van der Waals surface area contributed by atoms with Crippen LogP contribution in [0.1, 0.15) is 5.69 Å². The van der Waals surface area contributed by atoms with Crippen LogP contribution in [0, 0.1) is 0 Å². The van der Waals surface area contributed by atoms with E-state index in [0.29, 0.717) is 10.9 Å². The third kappa shape index (κ3) is 3.10. The molecule has 102 valence electrons. The number of benzene rings is 1. The largest absolute Gasteiger partial charge is 0.418 e. The summed E-state index contributed by atoms with van der Waals surface area (Å²) in [4.78, 5) is 2.34. The van der Waals surface area contributed by atoms with E-state index in [0.717, 1.165) is 6.07 Å². The van der Waals surface area contributed by atoms with Gasteiger partial charge in [-0.05, 0) is 17.5 Å². The minimum Gasteiger partial charge on any atom is -0.355 e. The molecule has 0 bridgehead atoms. The predicted octanol–water partition coefficient (Wildman–Crippen LogP) is 4.68. The van der Waals surface area contributed by atoms with Gasteiger partial charge in [0, 0.05) is 11.6 Å². The molecule has 0 aliphatic heterocycles. The smallest absolute Gasteiger partial charge is 0.355 e. The molecular weight excluding hydrogens is 272 g/mol. The van der Waals surface area contributed by atoms with E-state index in [1.165, 1.54) is 12.1 Å². The van der Waals surface area contributed by atoms with E-state index < -0.39 is 29.7 Å². The van der Waals surface area contributed by atoms with Crippen molar-refractivity contribution in [3.8, 4) is 0 Å². The zero-order valence-electron chi connectivity index (χ0n) is 9.23. The van der Waals surface area contributed by atoms with E-state index >= 15 is 0 Å². The molecule has 0 fully saturated rings. The number of hydrogen-bond donors (Lipinski definition) is 1. The number of nitrogens with one attached hydrogen (secondary N) is 1. The topological polar surface area (TPSA) is 15.8 Å². The number of H-pyrrole nitrogens is 1. The molecule has 0 spiro atoms. The van der Waals surface area contributed by atoms with Crippen molar-refractivity contribution >= 4 is 16.5 Å². The van der Waals surface area contributed by atoms with Crippen molar-refractivity contribution in [2.24, 2.45) is 0 Å². The Hall–Kier alpha value is -1.92. The van der Waals surface area contributed by atoms with E-state index in [2.05, 4.69) is 4.98 Å². The van der Waals surface area contributed by atoms with Gasteiger partial charge >= 0.3 is 12.4 Å². The molecule has 0 aliphatic rings. The second-order valence-electron chi connectivity index (χ2n) is 3.87. The summed E-state index contributed by atoms with van der Waals surface area (Å²) in [6.45, 7) is 0. The van der Waals surface area contributed by atoms with Crippen molar-refractivity contribution in [2.75, 3.05) is 0 Å². The fourth-order valence-corrected chi connectivity index (χ4v) is 1.69. The second-order valence-corrected chi connectivity index (χ2v) is 3.87. The Bertz CT molecular complexity index is 584. The fourth-order valence-electron chi connectivity index (χ4n) is 1.69. The molecule has 1 nitrogen and oxygen atoms in total. The fraction of sp³-hybridized carbons (Fsp3) is 0.167. The maximum absolute atomic E-state index is 12.7. The van der Waals surface area contributed by atoms with Gasteiger partial charge in [0.25, 0.3) is 0 Å². The minimum absolute atomic E-state index is 0.342. The number of fused-ring (bicyclic) bond motifs is 1. The number of aromatic amines is 1. The van der Waals surface area contributed by atoms with Crippen molar-refractivity contribution in [3.05, 3.63) is 42.1 Å². The van der Waals surface area contributed by atoms with Crippen LogP contribution in [0.3, 0.4) is 0 Å². The average molecular weight is 279 g/mol. The van der Waals surface area contributed by atoms with E-state index in [4.69, 9.17) is 0 Å². The summed E-state index contributed by atoms with van der Waals surface area (Å²) < 4.78 is 74.6. The van der Waals surface area contributed by atoms with Crippen LogP contribution in [0.15, 0.2) is 36.4 Å². The van der Waals surface area contributed by atoms with Gasteiger partial charge in [0.05, 0.1) is 11.3 Å². The van der Waals surface area contributed by atoms with Gasteiger partial charge in [0.15, 0.2) is 0 Å². The third-order valence-corrected chi connectivity index (χ3v) is 2.43. The SMILES string of the molecule is FC(F)(F)C=C(c1cc2ccccc2[nH]1)C(F)(F)F. The summed E-state index contributed by atoms with van der Waals surface area (Å²) >= 11 is 0. The molecular formula is C12H7F6N. The quantitative estimate of drug-likeness (QED) is 0.730. The lowest BCUT2D eigenvalue weighted by Gasteiger charge is -2.11. The van der Waals surface area contributed by atoms with E-state index in [1.54, 1.807) is 12.1 Å². The van der Waals surface area contributed by atoms with Gasteiger partial charge in [0.1, 0.15) is 0 Å². The van der Waals surface area contributed by atoms with Crippen LogP contribution in [-0.4, -0.2) is 17.3 Å². The molecule has 0 amide bonds. The Labute approximate surface area is 103 Å². The van der Waals surface area contributed by atoms with E-state index in [9.17, 15) is 26.3 Å². The summed E-state index contributed by atoms with van der Waals surface area (Å²) in [6.07, 6.45) is -10.9. The number of halogens is 6. The molecule has 0 saturated carbocycles. The van der Waals surface area contributed by atoms with E-state index in [1.807, 2.05) is 0 Å². The lowest BCUT2D eigenvalue weighted by atomic mass is 10.1. The first-order valence-corrected chi connectivity index (χ1v) is 5.12. The molecule has 1 aromatic heterocycles. The van der Waals surface area contributed by atoms with Crippen LogP contribution in [0.2, 0.25) is 0 Å². The second kappa shape index (κ2) is 4.32. The maximum Gasteiger partial charge on any atom is 0.418 e. The minimum atomic E-state index is -5.09. The Morgan fingerprint density at radius 1 is 1.00 bits per heavy atom. The van der Waals surface area contributed by atoms with Crippen LogP contribution >= 0.6 is 0 Å². The zero-order chi connectivity index (χ0) is 14.3. The van der Waals surface area contributed by atoms with Gasteiger partial charge in [-0.3, -0.25) is 0 Å². The summed E-state index contributed by atoms with van der Waals surface area (Å²) in [5, 5.41) is 0.412. The Kier molecular flexibility index (Phi) is 3.07. The van der Waals surface area contributed by atoms with Crippen LogP contribution in [0.25, 0.3) is 16.5 Å². The first kappa shape index (κ1) is 13.5. The zero-order valence-corrected chi connectivity index (χ0v) is 9.23. The van der Waals surface area contributed by atoms with Gasteiger partial charge in [-0.1, -0.05) is 18.2 Å². The van der Waals surface area contributed by atoms with Gasteiger partial charge in [0.2, 0.25) is 0 Å². The van der Waals surface area contributed by atoms with Gasteiger partial charge < -0.3 is 4.98 Å². The first-order chi connectivity index (χ1) is 8.67. The molecule has 19 heavy (non-hydrogen) atoms. The first-order valence-electron chi connectivity index (χ1n) is 5.12. The highest BCUT2D eigenvalue weighted by Gasteiger charge is 2.40. The monoisotopic (exact) mass is 279 g/mol. The van der Waals surface area contributed by atoms with Crippen LogP contribution < -0.4 is 0 Å². The highest BCUT2D eigenvalue weighted by atomic mass is 19.4. The van der Waals surface area contributed by atoms with Crippen molar-refractivity contribution in [1.82, 2.24) is 4.98 Å². The standard InChI is InChI=1S/C12H7F6N/c13-11(14,15)6-8(12(16,17)18)10-5-7-3-1-2-4-9(7)19-10/h1-6,19H. The molecule has 0 atom stereocenters. The molecule has 1 aromatic carbocycles. The molecule has 0 radical (unpaired) electrons. The predicted molar refractivity (Wildman–Crippen MR) is 58.4 cm³/mol. The molecule has 7 heteroatoms. The lowest BCUT2D eigenvalue weighted by Crippen LogP contribution is -2.15. The number of hydrogen-bond acceptors (Lipinski definition) is 0. The number of rotatable bonds is 1. The third-order valence-electron chi connectivity index (χ3n) is 2.43. The lowest BCUT2D eigenvalue weighted by molar-refractivity contribution is -0.0912. The van der Waals surface area contributed by atoms with Gasteiger partial charge in [-0.25, -0.2) is 0 Å². The van der Waals surface area contributed by atoms with Crippen LogP contribution in [-0.2, 0) is 0 Å². The number of alkyl halides is 6. The maximum atomic E-state index is 12.7. The highest BCUT2D eigenvalue weighted by Crippen LogP contribution is 2.37. The molecule has 0 aliphatic carbocycles. The molecule has 2 rings (SSSR count). The van der Waals surface area contributed by atoms with Gasteiger partial charge in [-0.15, -0.1) is 0 Å². The Balaban J connectivity index is 2.59. The van der Waals surface area contributed by atoms with Crippen molar-refractivity contribution in [3.63, 3.8) is 0 Å². The van der Waals surface area contributed by atoms with Crippen LogP contribution in [0.4, 0.5) is 26.3 Å². The van der Waals surface area contributed by atoms with Crippen LogP contribution in [0.5, 0.6) is 0 Å². The molecule has 0 saturated heterocycles. The molecule has 1 N–H and O–H groups in total. The summed E-state index contributed by atoms with van der Waals surface area (Å²) in [6, 6.07) is 7.20. The van der Waals surface area contributed by atoms with Crippen molar-refractivity contribution < 1.29 is 26.3 Å². The summed E-state index contributed by atoms with van der Waals surface area (Å²) in [7, 11) is 0. The normalized spacial score (nSPS) is 14.1. The highest BCUT2D eigenvalue weighted by molar-refractivity contribution is 5.85. The van der Waals surface area contributed by atoms with Crippen molar-refractivity contribution in [1.29, 1.82) is 0 Å². The molecule has 1 heterocycles. The summed E-state index contributed by atoms with van der Waals surface area (Å²) in [5.41, 5.74) is -2.00. The number of para-hydroxylation sites is 1. The van der Waals surface area contributed by atoms with Gasteiger partial charge in [-0.2, -0.15) is 26.3 Å². The van der Waals surface area contributed by atoms with Crippen molar-refractivity contribution in [2.45, 2.75) is 12.4 Å². The number of aromatic nitrogens is 1. The Morgan fingerprint density at radius 2 is 1.63 bits per heavy atom. The van der Waals surface area contributed by atoms with E-state index in [-0.39, 0.29) is 0 Å². The number of allylic oxidation sites excluding steroid dienone is 2.